The van der Waals surface area contributed by atoms with Crippen LogP contribution in [0.25, 0.3) is 11.3 Å². The third-order valence-corrected chi connectivity index (χ3v) is 4.01. The van der Waals surface area contributed by atoms with E-state index in [9.17, 15) is 13.9 Å². The molecule has 0 radical (unpaired) electrons. The first-order chi connectivity index (χ1) is 11.2. The van der Waals surface area contributed by atoms with Crippen LogP contribution in [0.3, 0.4) is 0 Å². The summed E-state index contributed by atoms with van der Waals surface area (Å²) in [6.07, 6.45) is -1.38. The van der Waals surface area contributed by atoms with Crippen LogP contribution >= 0.6 is 0 Å². The fraction of sp³-hybridized carbons (Fsp3) is 0.353. The second kappa shape index (κ2) is 6.88. The first-order valence-corrected chi connectivity index (χ1v) is 7.45. The van der Waals surface area contributed by atoms with Crippen molar-refractivity contribution in [3.8, 4) is 11.3 Å². The number of aromatic nitrogens is 1. The van der Waals surface area contributed by atoms with Crippen LogP contribution in [-0.2, 0) is 5.54 Å². The summed E-state index contributed by atoms with van der Waals surface area (Å²) in [5, 5.41) is 12.8. The largest absolute Gasteiger partial charge is 0.385 e. The summed E-state index contributed by atoms with van der Waals surface area (Å²) in [6.45, 7) is 2.93. The number of benzene rings is 1. The van der Waals surface area contributed by atoms with E-state index in [2.05, 4.69) is 10.3 Å². The number of hydrogen-bond donors (Lipinski definition) is 3. The Labute approximate surface area is 138 Å². The van der Waals surface area contributed by atoms with E-state index >= 15 is 4.39 Å². The summed E-state index contributed by atoms with van der Waals surface area (Å²) in [7, 11) is 1.57. The van der Waals surface area contributed by atoms with Gasteiger partial charge in [-0.15, -0.1) is 0 Å². The molecule has 1 atom stereocenters. The van der Waals surface area contributed by atoms with Crippen molar-refractivity contribution in [2.75, 3.05) is 13.6 Å². The Hall–Kier alpha value is -1.96. The van der Waals surface area contributed by atoms with Crippen molar-refractivity contribution < 1.29 is 18.3 Å². The van der Waals surface area contributed by atoms with Crippen molar-refractivity contribution >= 4 is 0 Å². The molecule has 4 nitrogen and oxygen atoms in total. The molecule has 130 valence electrons. The predicted octanol–water partition coefficient (Wildman–Crippen LogP) is 2.61. The SMILES string of the molecule is CNC(C)(C)c1c(F)c(-c2ccc(F)cc2)nc(C(O)CN)c1F. The van der Waals surface area contributed by atoms with Gasteiger partial charge >= 0.3 is 0 Å². The summed E-state index contributed by atoms with van der Waals surface area (Å²) >= 11 is 0. The van der Waals surface area contributed by atoms with Gasteiger partial charge in [-0.1, -0.05) is 0 Å². The van der Waals surface area contributed by atoms with Gasteiger partial charge in [0.25, 0.3) is 0 Å². The molecule has 1 unspecified atom stereocenters. The molecule has 4 N–H and O–H groups in total. The standard InChI is InChI=1S/C17H20F3N3O/c1-17(2,22-3)12-13(19)15(9-4-6-10(18)7-5-9)23-16(14(12)20)11(24)8-21/h4-7,11,22,24H,8,21H2,1-3H3. The van der Waals surface area contributed by atoms with Crippen LogP contribution < -0.4 is 11.1 Å². The van der Waals surface area contributed by atoms with Crippen molar-refractivity contribution in [1.29, 1.82) is 0 Å². The van der Waals surface area contributed by atoms with E-state index in [1.54, 1.807) is 20.9 Å². The van der Waals surface area contributed by atoms with Gasteiger partial charge in [-0.05, 0) is 45.2 Å². The summed E-state index contributed by atoms with van der Waals surface area (Å²) in [5.74, 6) is -2.30. The second-order valence-corrected chi connectivity index (χ2v) is 5.98. The van der Waals surface area contributed by atoms with E-state index in [-0.39, 0.29) is 29.1 Å². The number of hydrogen-bond acceptors (Lipinski definition) is 4. The van der Waals surface area contributed by atoms with Gasteiger partial charge in [-0.2, -0.15) is 0 Å². The minimum atomic E-state index is -1.38. The normalized spacial score (nSPS) is 13.2. The number of nitrogens with one attached hydrogen (secondary N) is 1. The van der Waals surface area contributed by atoms with Crippen molar-refractivity contribution in [3.63, 3.8) is 0 Å². The molecule has 2 rings (SSSR count). The van der Waals surface area contributed by atoms with E-state index in [1.165, 1.54) is 12.1 Å². The van der Waals surface area contributed by atoms with E-state index < -0.39 is 29.1 Å². The highest BCUT2D eigenvalue weighted by Crippen LogP contribution is 2.34. The van der Waals surface area contributed by atoms with Crippen LogP contribution in [-0.4, -0.2) is 23.7 Å². The Morgan fingerprint density at radius 3 is 2.25 bits per heavy atom. The Morgan fingerprint density at radius 2 is 1.75 bits per heavy atom. The average molecular weight is 339 g/mol. The van der Waals surface area contributed by atoms with Gasteiger partial charge in [0.15, 0.2) is 11.6 Å². The maximum atomic E-state index is 15.0. The topological polar surface area (TPSA) is 71.2 Å². The average Bonchev–Trinajstić information content (AvgIpc) is 2.55. The number of halogens is 3. The zero-order chi connectivity index (χ0) is 18.1. The molecule has 0 amide bonds. The molecule has 0 saturated heterocycles. The molecule has 0 spiro atoms. The lowest BCUT2D eigenvalue weighted by molar-refractivity contribution is 0.175. The fourth-order valence-corrected chi connectivity index (χ4v) is 2.37. The molecular weight excluding hydrogens is 319 g/mol. The monoisotopic (exact) mass is 339 g/mol. The molecule has 0 aliphatic heterocycles. The summed E-state index contributed by atoms with van der Waals surface area (Å²) in [6, 6.07) is 4.99. The summed E-state index contributed by atoms with van der Waals surface area (Å²) in [4.78, 5) is 3.92. The number of nitrogens with zero attached hydrogens (tertiary/aromatic N) is 1. The number of aliphatic hydroxyl groups is 1. The molecule has 0 saturated carbocycles. The molecule has 2 aromatic rings. The highest BCUT2D eigenvalue weighted by Gasteiger charge is 2.33. The van der Waals surface area contributed by atoms with Crippen LogP contribution in [0, 0.1) is 17.5 Å². The maximum Gasteiger partial charge on any atom is 0.157 e. The molecule has 0 bridgehead atoms. The van der Waals surface area contributed by atoms with Gasteiger partial charge in [0.05, 0.1) is 0 Å². The zero-order valence-electron chi connectivity index (χ0n) is 13.7. The minimum absolute atomic E-state index is 0.169. The minimum Gasteiger partial charge on any atom is -0.385 e. The molecular formula is C17H20F3N3O. The molecule has 0 aliphatic carbocycles. The van der Waals surface area contributed by atoms with E-state index in [4.69, 9.17) is 5.73 Å². The van der Waals surface area contributed by atoms with Crippen LogP contribution in [0.15, 0.2) is 24.3 Å². The fourth-order valence-electron chi connectivity index (χ4n) is 2.37. The third kappa shape index (κ3) is 3.28. The highest BCUT2D eigenvalue weighted by atomic mass is 19.1. The van der Waals surface area contributed by atoms with Gasteiger partial charge in [-0.3, -0.25) is 0 Å². The molecule has 24 heavy (non-hydrogen) atoms. The van der Waals surface area contributed by atoms with Gasteiger partial charge in [0.2, 0.25) is 0 Å². The lowest BCUT2D eigenvalue weighted by Crippen LogP contribution is -2.36. The number of nitrogens with two attached hydrogens (primary N) is 1. The van der Waals surface area contributed by atoms with Crippen molar-refractivity contribution in [2.24, 2.45) is 5.73 Å². The van der Waals surface area contributed by atoms with E-state index in [1.807, 2.05) is 0 Å². The Balaban J connectivity index is 2.80. The molecule has 1 aromatic carbocycles. The maximum absolute atomic E-state index is 15.0. The first kappa shape index (κ1) is 18.4. The quantitative estimate of drug-likeness (QED) is 0.783. The van der Waals surface area contributed by atoms with Crippen LogP contribution in [0.1, 0.15) is 31.2 Å². The van der Waals surface area contributed by atoms with Gasteiger partial charge in [-0.25, -0.2) is 18.2 Å². The molecule has 0 aliphatic rings. The molecule has 1 heterocycles. The van der Waals surface area contributed by atoms with E-state index in [0.717, 1.165) is 12.1 Å². The Morgan fingerprint density at radius 1 is 1.17 bits per heavy atom. The van der Waals surface area contributed by atoms with Gasteiger partial charge in [0, 0.05) is 23.2 Å². The van der Waals surface area contributed by atoms with Crippen molar-refractivity contribution in [1.82, 2.24) is 10.3 Å². The van der Waals surface area contributed by atoms with Crippen LogP contribution in [0.4, 0.5) is 13.2 Å². The van der Waals surface area contributed by atoms with Gasteiger partial charge < -0.3 is 16.2 Å². The Kier molecular flexibility index (Phi) is 5.27. The molecule has 1 aromatic heterocycles. The Bertz CT molecular complexity index is 733. The molecule has 7 heteroatoms. The number of rotatable bonds is 5. The van der Waals surface area contributed by atoms with E-state index in [0.29, 0.717) is 0 Å². The number of aliphatic hydroxyl groups excluding tert-OH is 1. The van der Waals surface area contributed by atoms with Crippen molar-refractivity contribution in [3.05, 3.63) is 53.0 Å². The predicted molar refractivity (Wildman–Crippen MR) is 85.6 cm³/mol. The highest BCUT2D eigenvalue weighted by molar-refractivity contribution is 5.62. The third-order valence-electron chi connectivity index (χ3n) is 4.01. The number of pyridine rings is 1. The lowest BCUT2D eigenvalue weighted by atomic mass is 9.90. The summed E-state index contributed by atoms with van der Waals surface area (Å²) < 4.78 is 42.9. The lowest BCUT2D eigenvalue weighted by Gasteiger charge is -2.28. The first-order valence-electron chi connectivity index (χ1n) is 7.45. The smallest absolute Gasteiger partial charge is 0.157 e. The van der Waals surface area contributed by atoms with Gasteiger partial charge in [0.1, 0.15) is 23.3 Å². The zero-order valence-corrected chi connectivity index (χ0v) is 13.7. The van der Waals surface area contributed by atoms with Crippen molar-refractivity contribution in [2.45, 2.75) is 25.5 Å². The van der Waals surface area contributed by atoms with Crippen LogP contribution in [0.2, 0.25) is 0 Å². The summed E-state index contributed by atoms with van der Waals surface area (Å²) in [5.41, 5.74) is 3.84. The molecule has 0 fully saturated rings. The van der Waals surface area contributed by atoms with Crippen LogP contribution in [0.5, 0.6) is 0 Å². The second-order valence-electron chi connectivity index (χ2n) is 5.98.